The van der Waals surface area contributed by atoms with Crippen molar-refractivity contribution in [2.75, 3.05) is 11.4 Å². The largest absolute Gasteiger partial charge is 0.471 e. The lowest BCUT2D eigenvalue weighted by molar-refractivity contribution is -0.174. The van der Waals surface area contributed by atoms with Gasteiger partial charge in [-0.2, -0.15) is 13.2 Å². The van der Waals surface area contributed by atoms with Crippen LogP contribution in [0.2, 0.25) is 0 Å². The number of fused-ring (bicyclic) bond motifs is 5. The molecule has 0 aliphatic carbocycles. The zero-order valence-electron chi connectivity index (χ0n) is 14.7. The molecule has 1 amide bonds. The summed E-state index contributed by atoms with van der Waals surface area (Å²) in [7, 11) is 0. The zero-order chi connectivity index (χ0) is 20.9. The van der Waals surface area contributed by atoms with Crippen molar-refractivity contribution in [3.8, 4) is 11.5 Å². The third kappa shape index (κ3) is 3.65. The molecule has 2 heterocycles. The van der Waals surface area contributed by atoms with Gasteiger partial charge in [0.25, 0.3) is 0 Å². The third-order valence-electron chi connectivity index (χ3n) is 5.03. The van der Waals surface area contributed by atoms with E-state index in [1.54, 1.807) is 4.90 Å². The molecule has 1 N–H and O–H groups in total. The molecule has 2 unspecified atom stereocenters. The molecule has 2 aromatic rings. The van der Waals surface area contributed by atoms with Crippen molar-refractivity contribution in [1.82, 2.24) is 5.32 Å². The number of benzene rings is 2. The molecule has 2 aromatic carbocycles. The minimum absolute atomic E-state index is 0.0635. The summed E-state index contributed by atoms with van der Waals surface area (Å²) < 4.78 is 72.4. The van der Waals surface area contributed by atoms with Gasteiger partial charge in [-0.05, 0) is 40.9 Å². The quantitative estimate of drug-likeness (QED) is 0.573. The molecule has 2 aliphatic heterocycles. The third-order valence-corrected chi connectivity index (χ3v) is 5.64. The number of amides is 1. The second-order valence-corrected chi connectivity index (χ2v) is 7.73. The number of rotatable bonds is 1. The fraction of sp³-hybridized carbons (Fsp3) is 0.316. The first-order valence-corrected chi connectivity index (χ1v) is 9.55. The van der Waals surface area contributed by atoms with E-state index in [1.165, 1.54) is 18.2 Å². The number of carbonyl (C=O) groups is 1. The number of ether oxygens (including phenoxy) is 1. The van der Waals surface area contributed by atoms with Gasteiger partial charge in [0.1, 0.15) is 17.4 Å². The Balaban J connectivity index is 1.85. The topological polar surface area (TPSA) is 41.6 Å². The lowest BCUT2D eigenvalue weighted by Crippen LogP contribution is -2.52. The Morgan fingerprint density at radius 2 is 1.93 bits per heavy atom. The van der Waals surface area contributed by atoms with Gasteiger partial charge in [-0.15, -0.1) is 0 Å². The van der Waals surface area contributed by atoms with Gasteiger partial charge in [-0.25, -0.2) is 8.78 Å². The fourth-order valence-electron chi connectivity index (χ4n) is 3.84. The van der Waals surface area contributed by atoms with Gasteiger partial charge in [0.15, 0.2) is 5.75 Å². The van der Waals surface area contributed by atoms with Crippen molar-refractivity contribution >= 4 is 27.5 Å². The second kappa shape index (κ2) is 7.16. The number of carbonyl (C=O) groups excluding carboxylic acids is 1. The molecular formula is C19H14BrF5N2O2. The highest BCUT2D eigenvalue weighted by atomic mass is 79.9. The van der Waals surface area contributed by atoms with Crippen LogP contribution in [0, 0.1) is 11.6 Å². The first kappa shape index (κ1) is 19.9. The molecule has 4 rings (SSSR count). The van der Waals surface area contributed by atoms with Gasteiger partial charge in [-0.3, -0.25) is 4.79 Å². The van der Waals surface area contributed by atoms with Crippen LogP contribution in [0.5, 0.6) is 11.5 Å². The average Bonchev–Trinajstić information content (AvgIpc) is 2.76. The molecule has 154 valence electrons. The predicted molar refractivity (Wildman–Crippen MR) is 97.9 cm³/mol. The Morgan fingerprint density at radius 1 is 1.17 bits per heavy atom. The maximum atomic E-state index is 14.1. The van der Waals surface area contributed by atoms with Crippen LogP contribution in [0.3, 0.4) is 0 Å². The molecule has 2 atom stereocenters. The number of hydrogen-bond donors (Lipinski definition) is 1. The van der Waals surface area contributed by atoms with Gasteiger partial charge >= 0.3 is 12.1 Å². The Labute approximate surface area is 170 Å². The van der Waals surface area contributed by atoms with Crippen molar-refractivity contribution in [2.24, 2.45) is 0 Å². The smallest absolute Gasteiger partial charge is 0.455 e. The number of anilines is 1. The van der Waals surface area contributed by atoms with Crippen molar-refractivity contribution in [3.05, 3.63) is 52.0 Å². The minimum atomic E-state index is -5.03. The molecule has 0 aromatic heterocycles. The summed E-state index contributed by atoms with van der Waals surface area (Å²) in [5.41, 5.74) is 0.845. The minimum Gasteiger partial charge on any atom is -0.455 e. The van der Waals surface area contributed by atoms with Crippen molar-refractivity contribution in [3.63, 3.8) is 0 Å². The normalized spacial score (nSPS) is 20.7. The van der Waals surface area contributed by atoms with Crippen LogP contribution >= 0.6 is 15.9 Å². The van der Waals surface area contributed by atoms with E-state index in [2.05, 4.69) is 21.2 Å². The first-order chi connectivity index (χ1) is 13.6. The summed E-state index contributed by atoms with van der Waals surface area (Å²) in [6.07, 6.45) is -4.25. The van der Waals surface area contributed by atoms with Gasteiger partial charge in [-0.1, -0.05) is 6.07 Å². The lowest BCUT2D eigenvalue weighted by Gasteiger charge is -2.42. The molecule has 1 saturated heterocycles. The van der Waals surface area contributed by atoms with Gasteiger partial charge in [0.2, 0.25) is 0 Å². The number of halogens is 6. The predicted octanol–water partition coefficient (Wildman–Crippen LogP) is 5.22. The van der Waals surface area contributed by atoms with Gasteiger partial charge < -0.3 is 15.0 Å². The molecule has 0 spiro atoms. The molecule has 0 saturated carbocycles. The zero-order valence-corrected chi connectivity index (χ0v) is 16.3. The van der Waals surface area contributed by atoms with E-state index < -0.39 is 35.8 Å². The molecule has 0 radical (unpaired) electrons. The fourth-order valence-corrected chi connectivity index (χ4v) is 4.17. The van der Waals surface area contributed by atoms with Crippen molar-refractivity contribution in [1.29, 1.82) is 0 Å². The van der Waals surface area contributed by atoms with E-state index in [4.69, 9.17) is 4.74 Å². The van der Waals surface area contributed by atoms with E-state index in [-0.39, 0.29) is 22.4 Å². The summed E-state index contributed by atoms with van der Waals surface area (Å²) in [5.74, 6) is -3.07. The highest BCUT2D eigenvalue weighted by molar-refractivity contribution is 9.10. The molecular weight excluding hydrogens is 463 g/mol. The standard InChI is InChI=1S/C19H14BrF5N2O2/c20-11-7-14-16(8-12(11)22)29-15-6-9(21)3-4-10(15)17-13(2-1-5-27(14)17)26-18(28)19(23,24)25/h3-4,6-8,13,17H,1-2,5H2,(H,26,28). The van der Waals surface area contributed by atoms with E-state index in [0.717, 1.165) is 12.1 Å². The van der Waals surface area contributed by atoms with Gasteiger partial charge in [0, 0.05) is 24.2 Å². The highest BCUT2D eigenvalue weighted by Gasteiger charge is 2.44. The maximum Gasteiger partial charge on any atom is 0.471 e. The summed E-state index contributed by atoms with van der Waals surface area (Å²) in [6, 6.07) is 4.63. The van der Waals surface area contributed by atoms with Crippen molar-refractivity contribution < 1.29 is 31.5 Å². The van der Waals surface area contributed by atoms with Crippen LogP contribution in [-0.2, 0) is 4.79 Å². The van der Waals surface area contributed by atoms with Gasteiger partial charge in [0.05, 0.1) is 22.2 Å². The Hall–Kier alpha value is -2.36. The van der Waals surface area contributed by atoms with Crippen molar-refractivity contribution in [2.45, 2.75) is 31.1 Å². The number of nitrogens with zero attached hydrogens (tertiary/aromatic N) is 1. The second-order valence-electron chi connectivity index (χ2n) is 6.88. The highest BCUT2D eigenvalue weighted by Crippen LogP contribution is 2.49. The Morgan fingerprint density at radius 3 is 2.66 bits per heavy atom. The van der Waals surface area contributed by atoms with E-state index in [9.17, 15) is 26.7 Å². The van der Waals surface area contributed by atoms with E-state index in [1.807, 2.05) is 0 Å². The summed E-state index contributed by atoms with van der Waals surface area (Å²) in [4.78, 5) is 13.4. The average molecular weight is 477 g/mol. The van der Waals surface area contributed by atoms with Crippen LogP contribution in [0.25, 0.3) is 0 Å². The maximum absolute atomic E-state index is 14.1. The summed E-state index contributed by atoms with van der Waals surface area (Å²) in [5, 5.41) is 2.06. The Kier molecular flexibility index (Phi) is 4.92. The molecule has 4 nitrogen and oxygen atoms in total. The van der Waals surface area contributed by atoms with Crippen LogP contribution < -0.4 is 15.0 Å². The van der Waals surface area contributed by atoms with Crippen LogP contribution in [0.15, 0.2) is 34.8 Å². The van der Waals surface area contributed by atoms with Crippen LogP contribution in [0.1, 0.15) is 24.4 Å². The number of piperidine rings is 1. The first-order valence-electron chi connectivity index (χ1n) is 8.76. The SMILES string of the molecule is O=C(NC1CCCN2c3cc(Br)c(F)cc3Oc3cc(F)ccc3C12)C(F)(F)F. The Bertz CT molecular complexity index is 982. The summed E-state index contributed by atoms with van der Waals surface area (Å²) in [6.45, 7) is 0.439. The summed E-state index contributed by atoms with van der Waals surface area (Å²) >= 11 is 3.11. The lowest BCUT2D eigenvalue weighted by atomic mass is 9.89. The number of nitrogens with one attached hydrogen (secondary N) is 1. The number of hydrogen-bond acceptors (Lipinski definition) is 3. The van der Waals surface area contributed by atoms with E-state index >= 15 is 0 Å². The van der Waals surface area contributed by atoms with Crippen LogP contribution in [0.4, 0.5) is 27.6 Å². The number of alkyl halides is 3. The molecule has 0 bridgehead atoms. The molecule has 1 fully saturated rings. The monoisotopic (exact) mass is 476 g/mol. The molecule has 10 heteroatoms. The molecule has 29 heavy (non-hydrogen) atoms. The molecule has 2 aliphatic rings. The van der Waals surface area contributed by atoms with E-state index in [0.29, 0.717) is 24.2 Å². The van der Waals surface area contributed by atoms with Crippen LogP contribution in [-0.4, -0.2) is 24.7 Å².